The summed E-state index contributed by atoms with van der Waals surface area (Å²) in [5.41, 5.74) is 2.76. The van der Waals surface area contributed by atoms with Crippen LogP contribution < -0.4 is 10.6 Å². The summed E-state index contributed by atoms with van der Waals surface area (Å²) in [6.07, 6.45) is 3.68. The normalized spacial score (nSPS) is 11.1. The van der Waals surface area contributed by atoms with Crippen LogP contribution in [0.25, 0.3) is 11.1 Å². The van der Waals surface area contributed by atoms with Crippen LogP contribution in [-0.4, -0.2) is 41.4 Å². The van der Waals surface area contributed by atoms with E-state index in [2.05, 4.69) is 10.6 Å². The van der Waals surface area contributed by atoms with Gasteiger partial charge in [0.1, 0.15) is 6.04 Å². The molecule has 0 saturated carbocycles. The summed E-state index contributed by atoms with van der Waals surface area (Å²) in [4.78, 5) is 25.6. The zero-order valence-electron chi connectivity index (χ0n) is 15.3. The second-order valence-electron chi connectivity index (χ2n) is 5.73. The SMILES string of the molecule is CCN(C#N)C(=O)C(CSC)NC(=O)Nc1ccc(-c2ccccc2)cc1. The van der Waals surface area contributed by atoms with E-state index in [4.69, 9.17) is 5.26 Å². The van der Waals surface area contributed by atoms with E-state index in [1.807, 2.05) is 54.9 Å². The van der Waals surface area contributed by atoms with E-state index in [1.54, 1.807) is 19.1 Å². The Morgan fingerprint density at radius 3 is 2.30 bits per heavy atom. The van der Waals surface area contributed by atoms with Crippen molar-refractivity contribution in [2.75, 3.05) is 23.9 Å². The first-order valence-corrected chi connectivity index (χ1v) is 9.91. The predicted molar refractivity (Wildman–Crippen MR) is 109 cm³/mol. The number of urea groups is 1. The standard InChI is InChI=1S/C20H22N4O2S/c1-3-24(14-21)19(25)18(13-27-2)23-20(26)22-17-11-9-16(10-12-17)15-7-5-4-6-8-15/h4-12,18H,3,13H2,1-2H3,(H2,22,23,26). The number of rotatable bonds is 7. The second kappa shape index (κ2) is 10.2. The molecular weight excluding hydrogens is 360 g/mol. The smallest absolute Gasteiger partial charge is 0.319 e. The lowest BCUT2D eigenvalue weighted by atomic mass is 10.1. The van der Waals surface area contributed by atoms with Gasteiger partial charge in [0.05, 0.1) is 0 Å². The Kier molecular flexibility index (Phi) is 7.71. The number of likely N-dealkylation sites (N-methyl/N-ethyl adjacent to an activating group) is 1. The Balaban J connectivity index is 2.01. The number of carbonyl (C=O) groups is 2. The Bertz CT molecular complexity index is 803. The van der Waals surface area contributed by atoms with E-state index in [-0.39, 0.29) is 6.54 Å². The van der Waals surface area contributed by atoms with Crippen LogP contribution in [0.3, 0.4) is 0 Å². The molecular formula is C20H22N4O2S. The topological polar surface area (TPSA) is 85.2 Å². The maximum absolute atomic E-state index is 12.3. The average Bonchev–Trinajstić information content (AvgIpc) is 2.69. The molecule has 0 bridgehead atoms. The fraction of sp³-hybridized carbons (Fsp3) is 0.250. The van der Waals surface area contributed by atoms with Gasteiger partial charge in [-0.3, -0.25) is 4.79 Å². The van der Waals surface area contributed by atoms with Gasteiger partial charge < -0.3 is 10.6 Å². The van der Waals surface area contributed by atoms with Crippen molar-refractivity contribution in [3.63, 3.8) is 0 Å². The van der Waals surface area contributed by atoms with Gasteiger partial charge in [0.25, 0.3) is 5.91 Å². The highest BCUT2D eigenvalue weighted by Gasteiger charge is 2.25. The zero-order chi connectivity index (χ0) is 19.6. The van der Waals surface area contributed by atoms with Gasteiger partial charge in [-0.25, -0.2) is 9.69 Å². The number of nitrogens with zero attached hydrogens (tertiary/aromatic N) is 2. The maximum atomic E-state index is 12.3. The molecule has 140 valence electrons. The van der Waals surface area contributed by atoms with E-state index in [0.29, 0.717) is 11.4 Å². The summed E-state index contributed by atoms with van der Waals surface area (Å²) in [7, 11) is 0. The van der Waals surface area contributed by atoms with Gasteiger partial charge in [0, 0.05) is 18.0 Å². The average molecular weight is 382 g/mol. The third-order valence-corrected chi connectivity index (χ3v) is 4.56. The molecule has 0 heterocycles. The Morgan fingerprint density at radius 1 is 1.11 bits per heavy atom. The van der Waals surface area contributed by atoms with Crippen LogP contribution in [0, 0.1) is 11.5 Å². The summed E-state index contributed by atoms with van der Waals surface area (Å²) in [5.74, 6) is -0.0267. The summed E-state index contributed by atoms with van der Waals surface area (Å²) in [6.45, 7) is 1.98. The third-order valence-electron chi connectivity index (χ3n) is 3.89. The molecule has 2 rings (SSSR count). The van der Waals surface area contributed by atoms with Crippen molar-refractivity contribution in [3.05, 3.63) is 54.6 Å². The molecule has 1 atom stereocenters. The monoisotopic (exact) mass is 382 g/mol. The van der Waals surface area contributed by atoms with Gasteiger partial charge in [0.2, 0.25) is 0 Å². The number of hydrogen-bond donors (Lipinski definition) is 2. The van der Waals surface area contributed by atoms with Crippen LogP contribution in [-0.2, 0) is 4.79 Å². The van der Waals surface area contributed by atoms with Crippen molar-refractivity contribution in [2.24, 2.45) is 0 Å². The fourth-order valence-electron chi connectivity index (χ4n) is 2.51. The first-order chi connectivity index (χ1) is 13.1. The van der Waals surface area contributed by atoms with Gasteiger partial charge in [-0.2, -0.15) is 17.0 Å². The Hall–Kier alpha value is -2.98. The molecule has 3 amide bonds. The summed E-state index contributed by atoms with van der Waals surface area (Å²) in [5, 5.41) is 14.4. The molecule has 6 nitrogen and oxygen atoms in total. The number of thioether (sulfide) groups is 1. The number of nitriles is 1. The van der Waals surface area contributed by atoms with E-state index in [0.717, 1.165) is 16.0 Å². The Morgan fingerprint density at radius 2 is 1.74 bits per heavy atom. The molecule has 0 spiro atoms. The van der Waals surface area contributed by atoms with Crippen molar-refractivity contribution >= 4 is 29.4 Å². The van der Waals surface area contributed by atoms with E-state index in [9.17, 15) is 9.59 Å². The van der Waals surface area contributed by atoms with Crippen molar-refractivity contribution in [3.8, 4) is 17.3 Å². The summed E-state index contributed by atoms with van der Waals surface area (Å²) in [6, 6.07) is 16.1. The highest BCUT2D eigenvalue weighted by Crippen LogP contribution is 2.20. The van der Waals surface area contributed by atoms with E-state index in [1.165, 1.54) is 11.8 Å². The lowest BCUT2D eigenvalue weighted by Gasteiger charge is -2.21. The van der Waals surface area contributed by atoms with Crippen molar-refractivity contribution in [1.82, 2.24) is 10.2 Å². The number of nitrogens with one attached hydrogen (secondary N) is 2. The minimum absolute atomic E-state index is 0.268. The molecule has 0 aliphatic carbocycles. The molecule has 1 unspecified atom stereocenters. The van der Waals surface area contributed by atoms with Gasteiger partial charge in [-0.15, -0.1) is 0 Å². The van der Waals surface area contributed by atoms with Crippen LogP contribution in [0.4, 0.5) is 10.5 Å². The highest BCUT2D eigenvalue weighted by atomic mass is 32.2. The lowest BCUT2D eigenvalue weighted by molar-refractivity contribution is -0.129. The number of benzene rings is 2. The van der Waals surface area contributed by atoms with Crippen molar-refractivity contribution in [2.45, 2.75) is 13.0 Å². The van der Waals surface area contributed by atoms with Crippen LogP contribution in [0.5, 0.6) is 0 Å². The first kappa shape index (κ1) is 20.3. The second-order valence-corrected chi connectivity index (χ2v) is 6.64. The minimum Gasteiger partial charge on any atom is -0.325 e. The van der Waals surface area contributed by atoms with Crippen LogP contribution >= 0.6 is 11.8 Å². The maximum Gasteiger partial charge on any atom is 0.319 e. The van der Waals surface area contributed by atoms with Gasteiger partial charge >= 0.3 is 6.03 Å². The van der Waals surface area contributed by atoms with Crippen LogP contribution in [0.1, 0.15) is 6.92 Å². The minimum atomic E-state index is -0.761. The van der Waals surface area contributed by atoms with Crippen molar-refractivity contribution in [1.29, 1.82) is 5.26 Å². The predicted octanol–water partition coefficient (Wildman–Crippen LogP) is 3.54. The van der Waals surface area contributed by atoms with E-state index < -0.39 is 18.0 Å². The molecule has 0 aromatic heterocycles. The highest BCUT2D eigenvalue weighted by molar-refractivity contribution is 7.98. The molecule has 0 saturated heterocycles. The lowest BCUT2D eigenvalue weighted by Crippen LogP contribution is -2.49. The van der Waals surface area contributed by atoms with Crippen LogP contribution in [0.2, 0.25) is 0 Å². The van der Waals surface area contributed by atoms with Crippen molar-refractivity contribution < 1.29 is 9.59 Å². The molecule has 27 heavy (non-hydrogen) atoms. The van der Waals surface area contributed by atoms with Crippen LogP contribution in [0.15, 0.2) is 54.6 Å². The first-order valence-electron chi connectivity index (χ1n) is 8.52. The quantitative estimate of drug-likeness (QED) is 0.567. The molecule has 2 aromatic carbocycles. The largest absolute Gasteiger partial charge is 0.325 e. The van der Waals surface area contributed by atoms with E-state index >= 15 is 0 Å². The summed E-state index contributed by atoms with van der Waals surface area (Å²) >= 11 is 1.42. The fourth-order valence-corrected chi connectivity index (χ4v) is 3.07. The molecule has 0 aliphatic rings. The Labute approximate surface area is 163 Å². The van der Waals surface area contributed by atoms with Gasteiger partial charge in [-0.05, 0) is 36.4 Å². The molecule has 2 aromatic rings. The molecule has 0 radical (unpaired) electrons. The molecule has 2 N–H and O–H groups in total. The molecule has 0 fully saturated rings. The molecule has 7 heteroatoms. The van der Waals surface area contributed by atoms with Gasteiger partial charge in [-0.1, -0.05) is 42.5 Å². The third kappa shape index (κ3) is 5.76. The number of anilines is 1. The number of hydrogen-bond acceptors (Lipinski definition) is 4. The zero-order valence-corrected chi connectivity index (χ0v) is 16.1. The van der Waals surface area contributed by atoms with Gasteiger partial charge in [0.15, 0.2) is 6.19 Å². The number of carbonyl (C=O) groups excluding carboxylic acids is 2. The summed E-state index contributed by atoms with van der Waals surface area (Å²) < 4.78 is 0. The molecule has 0 aliphatic heterocycles. The number of amides is 3.